The van der Waals surface area contributed by atoms with E-state index in [0.717, 1.165) is 22.1 Å². The first kappa shape index (κ1) is 13.3. The first-order chi connectivity index (χ1) is 9.72. The van der Waals surface area contributed by atoms with E-state index in [2.05, 4.69) is 19.4 Å². The Bertz CT molecular complexity index is 755. The molecule has 1 aromatic carbocycles. The minimum absolute atomic E-state index is 0.282. The third kappa shape index (κ3) is 2.90. The lowest BCUT2D eigenvalue weighted by molar-refractivity contribution is 0.252. The first-order valence-electron chi connectivity index (χ1n) is 5.73. The van der Waals surface area contributed by atoms with Crippen LogP contribution >= 0.6 is 34.7 Å². The van der Waals surface area contributed by atoms with Gasteiger partial charge in [0.15, 0.2) is 0 Å². The normalized spacial score (nSPS) is 10.7. The van der Waals surface area contributed by atoms with Crippen molar-refractivity contribution < 1.29 is 4.79 Å². The van der Waals surface area contributed by atoms with Crippen molar-refractivity contribution in [2.24, 2.45) is 0 Å². The lowest BCUT2D eigenvalue weighted by atomic mass is 10.2. The number of anilines is 1. The van der Waals surface area contributed by atoms with Crippen molar-refractivity contribution in [1.29, 1.82) is 0 Å². The van der Waals surface area contributed by atoms with Crippen molar-refractivity contribution >= 4 is 57.4 Å². The lowest BCUT2D eigenvalue weighted by Crippen LogP contribution is -2.27. The summed E-state index contributed by atoms with van der Waals surface area (Å²) in [5, 5.41) is 5.55. The predicted molar refractivity (Wildman–Crippen MR) is 82.6 cm³/mol. The SMILES string of the molecule is O=C(NCc1ccc(Cl)s1)Nc1cccc2nsnc12. The smallest absolute Gasteiger partial charge is 0.319 e. The lowest BCUT2D eigenvalue weighted by Gasteiger charge is -2.06. The standard InChI is InChI=1S/C12H9ClN4OS2/c13-10-5-4-7(19-10)6-14-12(18)15-8-2-1-3-9-11(8)17-20-16-9/h1-5H,6H2,(H2,14,15,18). The molecule has 2 aromatic heterocycles. The number of aromatic nitrogens is 2. The average molecular weight is 325 g/mol. The molecular weight excluding hydrogens is 316 g/mol. The summed E-state index contributed by atoms with van der Waals surface area (Å²) in [7, 11) is 0. The van der Waals surface area contributed by atoms with E-state index in [9.17, 15) is 4.79 Å². The number of halogens is 1. The van der Waals surface area contributed by atoms with E-state index in [0.29, 0.717) is 22.1 Å². The average Bonchev–Trinajstić information content (AvgIpc) is 3.05. The fraction of sp³-hybridized carbons (Fsp3) is 0.0833. The number of carbonyl (C=O) groups is 1. The van der Waals surface area contributed by atoms with Gasteiger partial charge in [-0.05, 0) is 24.3 Å². The van der Waals surface area contributed by atoms with Crippen LogP contribution < -0.4 is 10.6 Å². The highest BCUT2D eigenvalue weighted by atomic mass is 35.5. The zero-order chi connectivity index (χ0) is 13.9. The Morgan fingerprint density at radius 3 is 2.95 bits per heavy atom. The van der Waals surface area contributed by atoms with Gasteiger partial charge in [-0.3, -0.25) is 0 Å². The maximum absolute atomic E-state index is 11.9. The van der Waals surface area contributed by atoms with E-state index in [1.807, 2.05) is 24.3 Å². The molecule has 0 unspecified atom stereocenters. The maximum Gasteiger partial charge on any atom is 0.319 e. The Morgan fingerprint density at radius 2 is 2.15 bits per heavy atom. The van der Waals surface area contributed by atoms with Crippen LogP contribution in [0.15, 0.2) is 30.3 Å². The molecule has 3 aromatic rings. The monoisotopic (exact) mass is 324 g/mol. The van der Waals surface area contributed by atoms with Gasteiger partial charge in [0.05, 0.1) is 28.3 Å². The number of hydrogen-bond donors (Lipinski definition) is 2. The molecule has 0 aliphatic rings. The first-order valence-corrected chi connectivity index (χ1v) is 7.65. The number of carbonyl (C=O) groups excluding carboxylic acids is 1. The summed E-state index contributed by atoms with van der Waals surface area (Å²) in [6.45, 7) is 0.439. The number of nitrogens with zero attached hydrogens (tertiary/aromatic N) is 2. The minimum atomic E-state index is -0.282. The second-order valence-electron chi connectivity index (χ2n) is 3.95. The largest absolute Gasteiger partial charge is 0.333 e. The fourth-order valence-corrected chi connectivity index (χ4v) is 3.26. The van der Waals surface area contributed by atoms with Gasteiger partial charge in [-0.15, -0.1) is 11.3 Å². The number of hydrogen-bond acceptors (Lipinski definition) is 5. The van der Waals surface area contributed by atoms with Gasteiger partial charge in [0.2, 0.25) is 0 Å². The number of thiophene rings is 1. The Balaban J connectivity index is 1.65. The number of nitrogens with one attached hydrogen (secondary N) is 2. The second kappa shape index (κ2) is 5.74. The van der Waals surface area contributed by atoms with Crippen LogP contribution in [-0.2, 0) is 6.54 Å². The van der Waals surface area contributed by atoms with Gasteiger partial charge in [-0.2, -0.15) is 8.75 Å². The van der Waals surface area contributed by atoms with Crippen molar-refractivity contribution in [1.82, 2.24) is 14.1 Å². The van der Waals surface area contributed by atoms with Crippen molar-refractivity contribution in [3.8, 4) is 0 Å². The Kier molecular flexibility index (Phi) is 3.81. The van der Waals surface area contributed by atoms with Gasteiger partial charge < -0.3 is 10.6 Å². The van der Waals surface area contributed by atoms with Gasteiger partial charge in [0, 0.05) is 4.88 Å². The number of fused-ring (bicyclic) bond motifs is 1. The van der Waals surface area contributed by atoms with E-state index in [1.165, 1.54) is 11.3 Å². The van der Waals surface area contributed by atoms with Gasteiger partial charge in [-0.1, -0.05) is 17.7 Å². The van der Waals surface area contributed by atoms with Crippen LogP contribution in [-0.4, -0.2) is 14.8 Å². The Morgan fingerprint density at radius 1 is 1.25 bits per heavy atom. The molecule has 0 bridgehead atoms. The molecule has 0 fully saturated rings. The maximum atomic E-state index is 11.9. The molecular formula is C12H9ClN4OS2. The molecule has 102 valence electrons. The van der Waals surface area contributed by atoms with Crippen LogP contribution in [0.1, 0.15) is 4.88 Å². The molecule has 3 rings (SSSR count). The van der Waals surface area contributed by atoms with Crippen LogP contribution in [0.3, 0.4) is 0 Å². The summed E-state index contributed by atoms with van der Waals surface area (Å²) < 4.78 is 9.00. The molecule has 0 atom stereocenters. The summed E-state index contributed by atoms with van der Waals surface area (Å²) in [6, 6.07) is 8.90. The summed E-state index contributed by atoms with van der Waals surface area (Å²) in [5.74, 6) is 0. The second-order valence-corrected chi connectivity index (χ2v) is 6.28. The van der Waals surface area contributed by atoms with Gasteiger partial charge >= 0.3 is 6.03 Å². The number of rotatable bonds is 3. The molecule has 20 heavy (non-hydrogen) atoms. The third-order valence-electron chi connectivity index (χ3n) is 2.59. The fourth-order valence-electron chi connectivity index (χ4n) is 1.69. The van der Waals surface area contributed by atoms with Gasteiger partial charge in [0.25, 0.3) is 0 Å². The molecule has 0 spiro atoms. The van der Waals surface area contributed by atoms with E-state index in [1.54, 1.807) is 6.07 Å². The zero-order valence-corrected chi connectivity index (χ0v) is 12.5. The van der Waals surface area contributed by atoms with Gasteiger partial charge in [0.1, 0.15) is 11.0 Å². The Labute approximate surface area is 127 Å². The summed E-state index contributed by atoms with van der Waals surface area (Å²) in [5.41, 5.74) is 2.13. The number of urea groups is 1. The molecule has 2 heterocycles. The molecule has 0 aliphatic heterocycles. The zero-order valence-electron chi connectivity index (χ0n) is 10.1. The molecule has 2 N–H and O–H groups in total. The van der Waals surface area contributed by atoms with Gasteiger partial charge in [-0.25, -0.2) is 4.79 Å². The highest BCUT2D eigenvalue weighted by Crippen LogP contribution is 2.22. The van der Waals surface area contributed by atoms with Crippen molar-refractivity contribution in [3.63, 3.8) is 0 Å². The van der Waals surface area contributed by atoms with Crippen LogP contribution in [0.4, 0.5) is 10.5 Å². The molecule has 5 nitrogen and oxygen atoms in total. The quantitative estimate of drug-likeness (QED) is 0.771. The molecule has 8 heteroatoms. The van der Waals surface area contributed by atoms with Crippen molar-refractivity contribution in [2.75, 3.05) is 5.32 Å². The summed E-state index contributed by atoms with van der Waals surface area (Å²) in [6.07, 6.45) is 0. The Hall–Kier alpha value is -1.70. The van der Waals surface area contributed by atoms with E-state index in [4.69, 9.17) is 11.6 Å². The van der Waals surface area contributed by atoms with Crippen molar-refractivity contribution in [3.05, 3.63) is 39.5 Å². The molecule has 2 amide bonds. The van der Waals surface area contributed by atoms with Crippen LogP contribution in [0.25, 0.3) is 11.0 Å². The highest BCUT2D eigenvalue weighted by molar-refractivity contribution is 7.16. The number of benzene rings is 1. The third-order valence-corrected chi connectivity index (χ3v) is 4.36. The van der Waals surface area contributed by atoms with Crippen LogP contribution in [0.2, 0.25) is 4.34 Å². The van der Waals surface area contributed by atoms with E-state index >= 15 is 0 Å². The summed E-state index contributed by atoms with van der Waals surface area (Å²) in [4.78, 5) is 12.9. The van der Waals surface area contributed by atoms with E-state index < -0.39 is 0 Å². The minimum Gasteiger partial charge on any atom is -0.333 e. The molecule has 0 saturated heterocycles. The van der Waals surface area contributed by atoms with Crippen LogP contribution in [0.5, 0.6) is 0 Å². The summed E-state index contributed by atoms with van der Waals surface area (Å²) >= 11 is 8.40. The van der Waals surface area contributed by atoms with E-state index in [-0.39, 0.29) is 6.03 Å². The molecule has 0 radical (unpaired) electrons. The molecule has 0 aliphatic carbocycles. The topological polar surface area (TPSA) is 66.9 Å². The number of amides is 2. The highest BCUT2D eigenvalue weighted by Gasteiger charge is 2.08. The van der Waals surface area contributed by atoms with Crippen molar-refractivity contribution in [2.45, 2.75) is 6.54 Å². The predicted octanol–water partition coefficient (Wildman–Crippen LogP) is 3.73. The molecule has 0 saturated carbocycles. The van der Waals surface area contributed by atoms with Crippen LogP contribution in [0, 0.1) is 0 Å².